The molecule has 241 valence electrons. The SMILES string of the molecule is CCCCCCCCNCC(O)CCCCCCCCCC(=O)NC(CCCCCC)CC(=O)N[CH]c1ccccc1. The van der Waals surface area contributed by atoms with Crippen LogP contribution in [-0.4, -0.2) is 42.2 Å². The molecule has 0 aromatic heterocycles. The fourth-order valence-corrected chi connectivity index (χ4v) is 5.29. The summed E-state index contributed by atoms with van der Waals surface area (Å²) in [4.78, 5) is 25.2. The van der Waals surface area contributed by atoms with Gasteiger partial charge in [0.15, 0.2) is 0 Å². The Morgan fingerprint density at radius 3 is 1.98 bits per heavy atom. The number of amides is 2. The van der Waals surface area contributed by atoms with Gasteiger partial charge in [0.25, 0.3) is 0 Å². The Hall–Kier alpha value is -1.92. The highest BCUT2D eigenvalue weighted by atomic mass is 16.3. The van der Waals surface area contributed by atoms with Gasteiger partial charge in [-0.3, -0.25) is 9.59 Å². The second-order valence-corrected chi connectivity index (χ2v) is 12.1. The summed E-state index contributed by atoms with van der Waals surface area (Å²) in [5.41, 5.74) is 0.957. The molecule has 6 nitrogen and oxygen atoms in total. The van der Waals surface area contributed by atoms with E-state index in [0.29, 0.717) is 19.4 Å². The van der Waals surface area contributed by atoms with E-state index in [0.717, 1.165) is 63.5 Å². The summed E-state index contributed by atoms with van der Waals surface area (Å²) >= 11 is 0. The lowest BCUT2D eigenvalue weighted by Gasteiger charge is -2.19. The molecular weight excluding hydrogens is 522 g/mol. The standard InChI is InChI=1S/C36H64N3O3/c1-3-5-7-9-15-22-28-37-31-34(40)26-20-13-11-10-12-14-21-27-35(41)39-33(25-19-8-6-4-2)29-36(42)38-30-32-23-17-16-18-24-32/h16-18,23-24,30,33-34,37,40H,3-15,19-22,25-29,31H2,1-2H3,(H,38,42)(H,39,41). The lowest BCUT2D eigenvalue weighted by Crippen LogP contribution is -2.38. The first-order chi connectivity index (χ1) is 20.5. The van der Waals surface area contributed by atoms with Gasteiger partial charge in [-0.05, 0) is 37.8 Å². The van der Waals surface area contributed by atoms with Crippen LogP contribution < -0.4 is 16.0 Å². The molecule has 0 aliphatic heterocycles. The van der Waals surface area contributed by atoms with Crippen LogP contribution in [0.15, 0.2) is 30.3 Å². The van der Waals surface area contributed by atoms with Crippen molar-refractivity contribution in [1.29, 1.82) is 0 Å². The highest BCUT2D eigenvalue weighted by molar-refractivity contribution is 5.80. The van der Waals surface area contributed by atoms with Crippen molar-refractivity contribution >= 4 is 11.8 Å². The zero-order chi connectivity index (χ0) is 30.5. The molecule has 42 heavy (non-hydrogen) atoms. The normalized spacial score (nSPS) is 12.6. The van der Waals surface area contributed by atoms with E-state index in [-0.39, 0.29) is 24.0 Å². The van der Waals surface area contributed by atoms with Crippen LogP contribution in [0.2, 0.25) is 0 Å². The fourth-order valence-electron chi connectivity index (χ4n) is 5.29. The third-order valence-electron chi connectivity index (χ3n) is 7.93. The van der Waals surface area contributed by atoms with Crippen molar-refractivity contribution in [2.45, 2.75) is 161 Å². The van der Waals surface area contributed by atoms with Gasteiger partial charge in [0.1, 0.15) is 0 Å². The first-order valence-electron chi connectivity index (χ1n) is 17.4. The molecule has 0 saturated carbocycles. The minimum absolute atomic E-state index is 0.0587. The first kappa shape index (κ1) is 38.1. The van der Waals surface area contributed by atoms with Crippen LogP contribution in [0.5, 0.6) is 0 Å². The summed E-state index contributed by atoms with van der Waals surface area (Å²) < 4.78 is 0. The van der Waals surface area contributed by atoms with E-state index < -0.39 is 0 Å². The van der Waals surface area contributed by atoms with Crippen molar-refractivity contribution in [2.75, 3.05) is 13.1 Å². The van der Waals surface area contributed by atoms with Crippen molar-refractivity contribution in [3.63, 3.8) is 0 Å². The maximum absolute atomic E-state index is 12.6. The Morgan fingerprint density at radius 1 is 0.714 bits per heavy atom. The average molecular weight is 587 g/mol. The van der Waals surface area contributed by atoms with Gasteiger partial charge in [-0.1, -0.05) is 140 Å². The van der Waals surface area contributed by atoms with E-state index in [1.165, 1.54) is 70.6 Å². The third kappa shape index (κ3) is 23.6. The van der Waals surface area contributed by atoms with E-state index in [9.17, 15) is 14.7 Å². The van der Waals surface area contributed by atoms with E-state index >= 15 is 0 Å². The Bertz CT molecular complexity index is 759. The predicted molar refractivity (Wildman–Crippen MR) is 177 cm³/mol. The number of aliphatic hydroxyl groups is 1. The number of nitrogens with one attached hydrogen (secondary N) is 3. The number of aliphatic hydroxyl groups excluding tert-OH is 1. The largest absolute Gasteiger partial charge is 0.392 e. The van der Waals surface area contributed by atoms with Crippen molar-refractivity contribution in [1.82, 2.24) is 16.0 Å². The molecule has 0 aliphatic carbocycles. The van der Waals surface area contributed by atoms with Gasteiger partial charge in [-0.15, -0.1) is 0 Å². The molecule has 0 aliphatic rings. The van der Waals surface area contributed by atoms with E-state index in [2.05, 4.69) is 29.8 Å². The second-order valence-electron chi connectivity index (χ2n) is 12.1. The molecule has 6 heteroatoms. The minimum Gasteiger partial charge on any atom is -0.392 e. The monoisotopic (exact) mass is 586 g/mol. The molecule has 4 N–H and O–H groups in total. The molecule has 1 aromatic rings. The summed E-state index contributed by atoms with van der Waals surface area (Å²) in [6.07, 6.45) is 22.4. The first-order valence-corrected chi connectivity index (χ1v) is 17.4. The summed E-state index contributed by atoms with van der Waals surface area (Å²) in [5, 5.41) is 19.6. The third-order valence-corrected chi connectivity index (χ3v) is 7.93. The Labute approximate surface area is 258 Å². The summed E-state index contributed by atoms with van der Waals surface area (Å²) in [7, 11) is 0. The van der Waals surface area contributed by atoms with Crippen molar-refractivity contribution in [2.24, 2.45) is 0 Å². The molecule has 2 atom stereocenters. The number of carbonyl (C=O) groups is 2. The van der Waals surface area contributed by atoms with Gasteiger partial charge >= 0.3 is 0 Å². The van der Waals surface area contributed by atoms with Crippen molar-refractivity contribution in [3.05, 3.63) is 42.4 Å². The lowest BCUT2D eigenvalue weighted by molar-refractivity contribution is -0.123. The van der Waals surface area contributed by atoms with Crippen LogP contribution in [0, 0.1) is 6.54 Å². The average Bonchev–Trinajstić information content (AvgIpc) is 2.99. The number of rotatable bonds is 29. The molecule has 1 aromatic carbocycles. The molecule has 0 fully saturated rings. The van der Waals surface area contributed by atoms with Crippen LogP contribution in [-0.2, 0) is 9.59 Å². The Morgan fingerprint density at radius 2 is 1.29 bits per heavy atom. The van der Waals surface area contributed by atoms with E-state index in [4.69, 9.17) is 0 Å². The molecule has 0 bridgehead atoms. The number of unbranched alkanes of at least 4 members (excludes halogenated alkanes) is 14. The number of hydrogen-bond donors (Lipinski definition) is 4. The lowest BCUT2D eigenvalue weighted by atomic mass is 10.0. The molecular formula is C36H64N3O3. The maximum atomic E-state index is 12.6. The van der Waals surface area contributed by atoms with Gasteiger partial charge in [0, 0.05) is 25.4 Å². The molecule has 0 saturated heterocycles. The molecule has 0 spiro atoms. The van der Waals surface area contributed by atoms with Crippen molar-refractivity contribution < 1.29 is 14.7 Å². The topological polar surface area (TPSA) is 90.5 Å². The van der Waals surface area contributed by atoms with Gasteiger partial charge in [-0.2, -0.15) is 0 Å². The van der Waals surface area contributed by atoms with Gasteiger partial charge < -0.3 is 21.1 Å². The highest BCUT2D eigenvalue weighted by Gasteiger charge is 2.16. The minimum atomic E-state index is -0.229. The van der Waals surface area contributed by atoms with Gasteiger partial charge in [-0.25, -0.2) is 0 Å². The summed E-state index contributed by atoms with van der Waals surface area (Å²) in [6.45, 7) is 7.90. The molecule has 2 unspecified atom stereocenters. The van der Waals surface area contributed by atoms with E-state index in [1.807, 2.05) is 30.3 Å². The number of carbonyl (C=O) groups excluding carboxylic acids is 2. The number of hydrogen-bond acceptors (Lipinski definition) is 4. The molecule has 0 heterocycles. The Balaban J connectivity index is 2.08. The molecule has 2 amide bonds. The molecule has 1 radical (unpaired) electrons. The smallest absolute Gasteiger partial charge is 0.222 e. The van der Waals surface area contributed by atoms with E-state index in [1.54, 1.807) is 6.54 Å². The fraction of sp³-hybridized carbons (Fsp3) is 0.750. The predicted octanol–water partition coefficient (Wildman–Crippen LogP) is 7.98. The van der Waals surface area contributed by atoms with Crippen LogP contribution in [0.1, 0.15) is 154 Å². The van der Waals surface area contributed by atoms with Crippen molar-refractivity contribution in [3.8, 4) is 0 Å². The van der Waals surface area contributed by atoms with Crippen LogP contribution >= 0.6 is 0 Å². The summed E-state index contributed by atoms with van der Waals surface area (Å²) in [5.74, 6) is 0.00557. The van der Waals surface area contributed by atoms with Gasteiger partial charge in [0.05, 0.1) is 12.6 Å². The zero-order valence-corrected chi connectivity index (χ0v) is 27.1. The Kier molecular flexibility index (Phi) is 25.3. The maximum Gasteiger partial charge on any atom is 0.222 e. The molecule has 1 rings (SSSR count). The van der Waals surface area contributed by atoms with Gasteiger partial charge in [0.2, 0.25) is 11.8 Å². The zero-order valence-electron chi connectivity index (χ0n) is 27.1. The highest BCUT2D eigenvalue weighted by Crippen LogP contribution is 2.13. The summed E-state index contributed by atoms with van der Waals surface area (Å²) in [6, 6.07) is 9.62. The van der Waals surface area contributed by atoms with Crippen LogP contribution in [0.25, 0.3) is 0 Å². The second kappa shape index (κ2) is 27.9. The quantitative estimate of drug-likeness (QED) is 0.0717. The van der Waals surface area contributed by atoms with Crippen LogP contribution in [0.4, 0.5) is 0 Å². The number of benzene rings is 1. The van der Waals surface area contributed by atoms with Crippen LogP contribution in [0.3, 0.4) is 0 Å².